The fraction of sp³-hybridized carbons (Fsp3) is 0.235. The highest BCUT2D eigenvalue weighted by molar-refractivity contribution is 6.30. The SMILES string of the molecule is COc1ccccc1C(=O)CN(C)Cc1cccc(Cl)c1. The van der Waals surface area contributed by atoms with Gasteiger partial charge in [-0.1, -0.05) is 35.9 Å². The molecular weight excluding hydrogens is 286 g/mol. The molecule has 0 amide bonds. The molecule has 21 heavy (non-hydrogen) atoms. The van der Waals surface area contributed by atoms with E-state index in [-0.39, 0.29) is 5.78 Å². The van der Waals surface area contributed by atoms with Gasteiger partial charge in [0.05, 0.1) is 19.2 Å². The molecule has 0 spiro atoms. The zero-order valence-corrected chi connectivity index (χ0v) is 12.9. The number of halogens is 1. The van der Waals surface area contributed by atoms with Gasteiger partial charge in [0.15, 0.2) is 5.78 Å². The van der Waals surface area contributed by atoms with Crippen LogP contribution in [0.1, 0.15) is 15.9 Å². The standard InChI is InChI=1S/C17H18ClNO2/c1-19(11-13-6-5-7-14(18)10-13)12-16(20)15-8-3-4-9-17(15)21-2/h3-10H,11-12H2,1-2H3. The highest BCUT2D eigenvalue weighted by Crippen LogP contribution is 2.18. The molecule has 2 aromatic rings. The highest BCUT2D eigenvalue weighted by atomic mass is 35.5. The number of ketones is 1. The van der Waals surface area contributed by atoms with Crippen molar-refractivity contribution in [2.75, 3.05) is 20.7 Å². The van der Waals surface area contributed by atoms with Crippen molar-refractivity contribution in [2.45, 2.75) is 6.54 Å². The zero-order chi connectivity index (χ0) is 15.2. The van der Waals surface area contributed by atoms with Crippen molar-refractivity contribution < 1.29 is 9.53 Å². The smallest absolute Gasteiger partial charge is 0.180 e. The van der Waals surface area contributed by atoms with Crippen LogP contribution in [0.15, 0.2) is 48.5 Å². The Morgan fingerprint density at radius 1 is 1.19 bits per heavy atom. The number of likely N-dealkylation sites (N-methyl/N-ethyl adjacent to an activating group) is 1. The Morgan fingerprint density at radius 2 is 1.95 bits per heavy atom. The molecule has 0 saturated carbocycles. The highest BCUT2D eigenvalue weighted by Gasteiger charge is 2.14. The fourth-order valence-electron chi connectivity index (χ4n) is 2.21. The first kappa shape index (κ1) is 15.5. The van der Waals surface area contributed by atoms with Crippen molar-refractivity contribution in [2.24, 2.45) is 0 Å². The Balaban J connectivity index is 2.02. The van der Waals surface area contributed by atoms with Crippen molar-refractivity contribution >= 4 is 17.4 Å². The van der Waals surface area contributed by atoms with Gasteiger partial charge >= 0.3 is 0 Å². The summed E-state index contributed by atoms with van der Waals surface area (Å²) >= 11 is 5.97. The van der Waals surface area contributed by atoms with E-state index in [1.54, 1.807) is 19.2 Å². The number of hydrogen-bond acceptors (Lipinski definition) is 3. The summed E-state index contributed by atoms with van der Waals surface area (Å²) in [5, 5.41) is 0.706. The molecule has 0 saturated heterocycles. The van der Waals surface area contributed by atoms with E-state index >= 15 is 0 Å². The second-order valence-corrected chi connectivity index (χ2v) is 5.36. The molecule has 4 heteroatoms. The summed E-state index contributed by atoms with van der Waals surface area (Å²) in [6, 6.07) is 14.9. The molecule has 0 aliphatic heterocycles. The monoisotopic (exact) mass is 303 g/mol. The average molecular weight is 304 g/mol. The summed E-state index contributed by atoms with van der Waals surface area (Å²) in [7, 11) is 3.48. The largest absolute Gasteiger partial charge is 0.496 e. The second kappa shape index (κ2) is 7.25. The Morgan fingerprint density at radius 3 is 2.67 bits per heavy atom. The molecule has 0 aromatic heterocycles. The molecule has 110 valence electrons. The van der Waals surface area contributed by atoms with Gasteiger partial charge in [-0.15, -0.1) is 0 Å². The van der Waals surface area contributed by atoms with Crippen LogP contribution in [0.5, 0.6) is 5.75 Å². The van der Waals surface area contributed by atoms with Crippen LogP contribution < -0.4 is 4.74 Å². The summed E-state index contributed by atoms with van der Waals surface area (Å²) in [6.45, 7) is 0.994. The first-order valence-electron chi connectivity index (χ1n) is 6.69. The van der Waals surface area contributed by atoms with E-state index in [0.717, 1.165) is 5.56 Å². The van der Waals surface area contributed by atoms with Crippen molar-refractivity contribution in [3.63, 3.8) is 0 Å². The Labute approximate surface area is 130 Å². The molecule has 0 unspecified atom stereocenters. The number of Topliss-reactive ketones (excluding diaryl/α,β-unsaturated/α-hetero) is 1. The third kappa shape index (κ3) is 4.31. The molecule has 0 atom stereocenters. The Hall–Kier alpha value is -1.84. The fourth-order valence-corrected chi connectivity index (χ4v) is 2.42. The van der Waals surface area contributed by atoms with E-state index in [1.165, 1.54) is 0 Å². The van der Waals surface area contributed by atoms with E-state index in [1.807, 2.05) is 48.3 Å². The molecule has 2 aromatic carbocycles. The number of ether oxygens (including phenoxy) is 1. The van der Waals surface area contributed by atoms with Crippen LogP contribution in [-0.4, -0.2) is 31.4 Å². The molecule has 3 nitrogen and oxygen atoms in total. The average Bonchev–Trinajstić information content (AvgIpc) is 2.47. The van der Waals surface area contributed by atoms with Crippen LogP contribution in [0, 0.1) is 0 Å². The number of carbonyl (C=O) groups is 1. The molecular formula is C17H18ClNO2. The van der Waals surface area contributed by atoms with Gasteiger partial charge in [-0.05, 0) is 36.9 Å². The van der Waals surface area contributed by atoms with E-state index in [2.05, 4.69) is 0 Å². The van der Waals surface area contributed by atoms with Crippen LogP contribution in [0.4, 0.5) is 0 Å². The van der Waals surface area contributed by atoms with Crippen LogP contribution in [0.3, 0.4) is 0 Å². The summed E-state index contributed by atoms with van der Waals surface area (Å²) < 4.78 is 5.23. The zero-order valence-electron chi connectivity index (χ0n) is 12.2. The van der Waals surface area contributed by atoms with Crippen molar-refractivity contribution in [3.8, 4) is 5.75 Å². The summed E-state index contributed by atoms with van der Waals surface area (Å²) in [6.07, 6.45) is 0. The molecule has 2 rings (SSSR count). The minimum Gasteiger partial charge on any atom is -0.496 e. The minimum atomic E-state index is 0.0389. The number of methoxy groups -OCH3 is 1. The van der Waals surface area contributed by atoms with Gasteiger partial charge < -0.3 is 4.74 Å². The topological polar surface area (TPSA) is 29.5 Å². The predicted molar refractivity (Wildman–Crippen MR) is 85.1 cm³/mol. The Kier molecular flexibility index (Phi) is 5.37. The maximum Gasteiger partial charge on any atom is 0.180 e. The van der Waals surface area contributed by atoms with E-state index < -0.39 is 0 Å². The number of benzene rings is 2. The number of nitrogens with zero attached hydrogens (tertiary/aromatic N) is 1. The summed E-state index contributed by atoms with van der Waals surface area (Å²) in [4.78, 5) is 14.3. The van der Waals surface area contributed by atoms with Gasteiger partial charge in [0.2, 0.25) is 0 Å². The van der Waals surface area contributed by atoms with Crippen LogP contribution in [-0.2, 0) is 6.54 Å². The van der Waals surface area contributed by atoms with Gasteiger partial charge in [-0.25, -0.2) is 0 Å². The minimum absolute atomic E-state index is 0.0389. The van der Waals surface area contributed by atoms with Gasteiger partial charge in [0.25, 0.3) is 0 Å². The third-order valence-corrected chi connectivity index (χ3v) is 3.40. The lowest BCUT2D eigenvalue weighted by Gasteiger charge is -2.17. The lowest BCUT2D eigenvalue weighted by molar-refractivity contribution is 0.0940. The Bertz CT molecular complexity index is 628. The summed E-state index contributed by atoms with van der Waals surface area (Å²) in [5.41, 5.74) is 1.69. The van der Waals surface area contributed by atoms with E-state index in [0.29, 0.717) is 29.4 Å². The van der Waals surface area contributed by atoms with E-state index in [4.69, 9.17) is 16.3 Å². The first-order valence-corrected chi connectivity index (χ1v) is 7.07. The van der Waals surface area contributed by atoms with Gasteiger partial charge in [0.1, 0.15) is 5.75 Å². The maximum absolute atomic E-state index is 12.3. The first-order chi connectivity index (χ1) is 10.1. The lowest BCUT2D eigenvalue weighted by atomic mass is 10.1. The molecule has 0 N–H and O–H groups in total. The van der Waals surface area contributed by atoms with Crippen molar-refractivity contribution in [1.82, 2.24) is 4.90 Å². The number of rotatable bonds is 6. The van der Waals surface area contributed by atoms with Gasteiger partial charge in [0, 0.05) is 11.6 Å². The molecule has 0 bridgehead atoms. The van der Waals surface area contributed by atoms with Crippen LogP contribution in [0.2, 0.25) is 5.02 Å². The quantitative estimate of drug-likeness (QED) is 0.763. The lowest BCUT2D eigenvalue weighted by Crippen LogP contribution is -2.25. The number of para-hydroxylation sites is 1. The molecule has 0 aliphatic carbocycles. The van der Waals surface area contributed by atoms with Crippen molar-refractivity contribution in [3.05, 3.63) is 64.7 Å². The number of carbonyl (C=O) groups excluding carboxylic acids is 1. The molecule has 0 fully saturated rings. The normalized spacial score (nSPS) is 10.7. The van der Waals surface area contributed by atoms with Crippen molar-refractivity contribution in [1.29, 1.82) is 0 Å². The van der Waals surface area contributed by atoms with Gasteiger partial charge in [-0.2, -0.15) is 0 Å². The number of hydrogen-bond donors (Lipinski definition) is 0. The maximum atomic E-state index is 12.3. The van der Waals surface area contributed by atoms with E-state index in [9.17, 15) is 4.79 Å². The predicted octanol–water partition coefficient (Wildman–Crippen LogP) is 3.66. The molecule has 0 heterocycles. The van der Waals surface area contributed by atoms with Crippen LogP contribution in [0.25, 0.3) is 0 Å². The third-order valence-electron chi connectivity index (χ3n) is 3.16. The van der Waals surface area contributed by atoms with Crippen LogP contribution >= 0.6 is 11.6 Å². The second-order valence-electron chi connectivity index (χ2n) is 4.93. The summed E-state index contributed by atoms with van der Waals surface area (Å²) in [5.74, 6) is 0.649. The molecule has 0 radical (unpaired) electrons. The molecule has 0 aliphatic rings. The van der Waals surface area contributed by atoms with Gasteiger partial charge in [-0.3, -0.25) is 9.69 Å².